The van der Waals surface area contributed by atoms with Gasteiger partial charge in [-0.05, 0) is 57.4 Å². The second-order valence-electron chi connectivity index (χ2n) is 11.1. The number of carbonyl (C=O) groups is 1. The van der Waals surface area contributed by atoms with E-state index in [1.807, 2.05) is 18.1 Å². The molecule has 4 atom stereocenters. The molecule has 1 aromatic heterocycles. The van der Waals surface area contributed by atoms with E-state index >= 15 is 0 Å². The van der Waals surface area contributed by atoms with Crippen LogP contribution in [0, 0.1) is 17.8 Å². The summed E-state index contributed by atoms with van der Waals surface area (Å²) in [7, 11) is 4.17. The molecule has 3 heterocycles. The molecule has 2 unspecified atom stereocenters. The molecule has 36 heavy (non-hydrogen) atoms. The molecular formula is C30H36N4O2. The summed E-state index contributed by atoms with van der Waals surface area (Å²) in [6.45, 7) is 6.39. The highest BCUT2D eigenvalue weighted by molar-refractivity contribution is 5.83. The Kier molecular flexibility index (Phi) is 6.10. The highest BCUT2D eigenvalue weighted by atomic mass is 16.5. The number of nitrogens with zero attached hydrogens (tertiary/aromatic N) is 4. The molecule has 4 aliphatic rings. The molecule has 6 heteroatoms. The van der Waals surface area contributed by atoms with Crippen LogP contribution in [-0.2, 0) is 4.79 Å². The zero-order valence-corrected chi connectivity index (χ0v) is 21.6. The summed E-state index contributed by atoms with van der Waals surface area (Å²) in [5.41, 5.74) is 6.61. The van der Waals surface area contributed by atoms with E-state index < -0.39 is 0 Å². The molecular weight excluding hydrogens is 448 g/mol. The highest BCUT2D eigenvalue weighted by Crippen LogP contribution is 2.46. The fourth-order valence-electron chi connectivity index (χ4n) is 6.12. The van der Waals surface area contributed by atoms with E-state index in [0.29, 0.717) is 29.9 Å². The Morgan fingerprint density at radius 1 is 1.08 bits per heavy atom. The minimum absolute atomic E-state index is 0.0634. The molecule has 1 saturated heterocycles. The Morgan fingerprint density at radius 2 is 1.86 bits per heavy atom. The van der Waals surface area contributed by atoms with Gasteiger partial charge in [-0.3, -0.25) is 4.79 Å². The zero-order valence-electron chi connectivity index (χ0n) is 21.6. The predicted molar refractivity (Wildman–Crippen MR) is 143 cm³/mol. The summed E-state index contributed by atoms with van der Waals surface area (Å²) in [4.78, 5) is 24.4. The number of likely N-dealkylation sites (N-methyl/N-ethyl adjacent to an activating group) is 1. The SMILES string of the molecule is C[C@@H](Oc1nc(-c2ccc(N3CCN(C)CC3)cc2)cc2c1=CN(C)C=C=2)[C@@H]1CC(=O)C2CCC2C1. The van der Waals surface area contributed by atoms with Gasteiger partial charge in [0.1, 0.15) is 11.9 Å². The lowest BCUT2D eigenvalue weighted by Crippen LogP contribution is -2.44. The number of anilines is 1. The number of fused-ring (bicyclic) bond motifs is 2. The third kappa shape index (κ3) is 4.44. The fourth-order valence-corrected chi connectivity index (χ4v) is 6.12. The summed E-state index contributed by atoms with van der Waals surface area (Å²) in [5, 5.41) is 1.94. The number of ketones is 1. The van der Waals surface area contributed by atoms with Crippen molar-refractivity contribution in [2.45, 2.75) is 38.7 Å². The van der Waals surface area contributed by atoms with Crippen molar-refractivity contribution in [2.24, 2.45) is 17.8 Å². The largest absolute Gasteiger partial charge is 0.474 e. The van der Waals surface area contributed by atoms with Gasteiger partial charge in [0.05, 0.1) is 10.9 Å². The second kappa shape index (κ2) is 9.42. The summed E-state index contributed by atoms with van der Waals surface area (Å²) < 4.78 is 6.56. The number of ether oxygens (including phenoxy) is 1. The monoisotopic (exact) mass is 484 g/mol. The third-order valence-corrected chi connectivity index (χ3v) is 8.67. The normalized spacial score (nSPS) is 26.3. The molecule has 0 radical (unpaired) electrons. The van der Waals surface area contributed by atoms with Gasteiger partial charge in [0.25, 0.3) is 0 Å². The van der Waals surface area contributed by atoms with Gasteiger partial charge in [0, 0.05) is 80.4 Å². The Bertz CT molecular complexity index is 1310. The first-order valence-corrected chi connectivity index (χ1v) is 13.4. The lowest BCUT2D eigenvalue weighted by molar-refractivity contribution is -0.135. The Balaban J connectivity index is 1.28. The molecule has 6 rings (SSSR count). The second-order valence-corrected chi connectivity index (χ2v) is 11.1. The molecule has 1 aromatic carbocycles. The standard InChI is InChI=1S/C30H36N4O2/c1-20(24-16-22-6-9-26(22)29(35)18-24)36-30-27-19-33(3)11-10-23(27)17-28(31-30)21-4-7-25(8-5-21)34-14-12-32(2)13-15-34/h4-5,7-8,11,17,19-20,22,24,26H,6,9,12-16,18H2,1-3H3/t20-,22?,24+,26?/m1/s1. The predicted octanol–water partition coefficient (Wildman–Crippen LogP) is 2.85. The van der Waals surface area contributed by atoms with Crippen LogP contribution in [0.15, 0.2) is 36.5 Å². The van der Waals surface area contributed by atoms with Crippen LogP contribution in [0.5, 0.6) is 5.88 Å². The van der Waals surface area contributed by atoms with Crippen molar-refractivity contribution in [1.29, 1.82) is 0 Å². The number of pyridine rings is 1. The van der Waals surface area contributed by atoms with Crippen LogP contribution in [0.2, 0.25) is 0 Å². The van der Waals surface area contributed by atoms with Gasteiger partial charge in [-0.2, -0.15) is 0 Å². The highest BCUT2D eigenvalue weighted by Gasteiger charge is 2.44. The number of rotatable bonds is 5. The Hall–Kier alpha value is -3.08. The van der Waals surface area contributed by atoms with E-state index in [1.165, 1.54) is 12.1 Å². The van der Waals surface area contributed by atoms with Crippen LogP contribution in [-0.4, -0.2) is 66.9 Å². The maximum Gasteiger partial charge on any atom is 0.224 e. The number of hydrogen-bond acceptors (Lipinski definition) is 6. The van der Waals surface area contributed by atoms with Crippen LogP contribution < -0.4 is 20.1 Å². The average molecular weight is 485 g/mol. The van der Waals surface area contributed by atoms with Gasteiger partial charge in [0.2, 0.25) is 5.88 Å². The van der Waals surface area contributed by atoms with Crippen molar-refractivity contribution in [3.63, 3.8) is 0 Å². The summed E-state index contributed by atoms with van der Waals surface area (Å²) in [5.74, 6) is 2.20. The minimum Gasteiger partial charge on any atom is -0.474 e. The minimum atomic E-state index is -0.0634. The molecule has 2 aliphatic carbocycles. The van der Waals surface area contributed by atoms with Crippen molar-refractivity contribution in [3.8, 4) is 17.1 Å². The molecule has 6 nitrogen and oxygen atoms in total. The van der Waals surface area contributed by atoms with Gasteiger partial charge in [-0.1, -0.05) is 17.9 Å². The first-order chi connectivity index (χ1) is 17.4. The first kappa shape index (κ1) is 23.3. The molecule has 0 spiro atoms. The molecule has 0 N–H and O–H groups in total. The third-order valence-electron chi connectivity index (χ3n) is 8.67. The summed E-state index contributed by atoms with van der Waals surface area (Å²) in [6, 6.07) is 10.8. The Morgan fingerprint density at radius 3 is 2.56 bits per heavy atom. The number of piperazine rings is 1. The van der Waals surface area contributed by atoms with E-state index in [2.05, 4.69) is 66.0 Å². The summed E-state index contributed by atoms with van der Waals surface area (Å²) in [6.07, 6.45) is 7.91. The molecule has 2 aromatic rings. The van der Waals surface area contributed by atoms with Gasteiger partial charge in [0.15, 0.2) is 0 Å². The Labute approximate surface area is 213 Å². The van der Waals surface area contributed by atoms with Gasteiger partial charge in [-0.25, -0.2) is 4.98 Å². The zero-order chi connectivity index (χ0) is 24.8. The molecule has 2 aliphatic heterocycles. The number of Topliss-reactive ketones (excluding diaryl/α,β-unsaturated/α-hetero) is 1. The van der Waals surface area contributed by atoms with Crippen molar-refractivity contribution < 1.29 is 9.53 Å². The maximum absolute atomic E-state index is 12.6. The quantitative estimate of drug-likeness (QED) is 0.651. The van der Waals surface area contributed by atoms with Crippen LogP contribution in [0.4, 0.5) is 5.69 Å². The fraction of sp³-hybridized carbons (Fsp3) is 0.500. The molecule has 2 saturated carbocycles. The van der Waals surface area contributed by atoms with E-state index in [-0.39, 0.29) is 12.0 Å². The number of benzene rings is 1. The first-order valence-electron chi connectivity index (χ1n) is 13.4. The van der Waals surface area contributed by atoms with E-state index in [0.717, 1.165) is 60.7 Å². The maximum atomic E-state index is 12.6. The summed E-state index contributed by atoms with van der Waals surface area (Å²) >= 11 is 0. The average Bonchev–Trinajstić information content (AvgIpc) is 2.86. The smallest absolute Gasteiger partial charge is 0.224 e. The van der Waals surface area contributed by atoms with Crippen molar-refractivity contribution in [2.75, 3.05) is 45.2 Å². The van der Waals surface area contributed by atoms with E-state index in [9.17, 15) is 4.79 Å². The number of aromatic nitrogens is 1. The van der Waals surface area contributed by atoms with Gasteiger partial charge < -0.3 is 19.4 Å². The van der Waals surface area contributed by atoms with Crippen molar-refractivity contribution in [1.82, 2.24) is 14.8 Å². The molecule has 3 fully saturated rings. The van der Waals surface area contributed by atoms with Crippen LogP contribution in [0.1, 0.15) is 32.6 Å². The topological polar surface area (TPSA) is 48.9 Å². The van der Waals surface area contributed by atoms with Gasteiger partial charge in [-0.15, -0.1) is 0 Å². The van der Waals surface area contributed by atoms with Crippen molar-refractivity contribution >= 4 is 23.4 Å². The van der Waals surface area contributed by atoms with Gasteiger partial charge >= 0.3 is 0 Å². The van der Waals surface area contributed by atoms with E-state index in [4.69, 9.17) is 9.72 Å². The van der Waals surface area contributed by atoms with Crippen LogP contribution >= 0.6 is 0 Å². The lowest BCUT2D eigenvalue weighted by atomic mass is 9.61. The van der Waals surface area contributed by atoms with Crippen LogP contribution in [0.3, 0.4) is 0 Å². The lowest BCUT2D eigenvalue weighted by Gasteiger charge is -2.43. The van der Waals surface area contributed by atoms with Crippen molar-refractivity contribution in [3.05, 3.63) is 47.0 Å². The molecule has 0 amide bonds. The molecule has 188 valence electrons. The number of hydrogen-bond donors (Lipinski definition) is 0. The van der Waals surface area contributed by atoms with Crippen LogP contribution in [0.25, 0.3) is 23.2 Å². The van der Waals surface area contributed by atoms with E-state index in [1.54, 1.807) is 0 Å². The molecule has 0 bridgehead atoms. The number of carbonyl (C=O) groups excluding carboxylic acids is 1.